The average Bonchev–Trinajstić information content (AvgIpc) is 2.26. The quantitative estimate of drug-likeness (QED) is 0.766. The summed E-state index contributed by atoms with van der Waals surface area (Å²) in [6, 6.07) is 4.08. The molecule has 2 nitrogen and oxygen atoms in total. The Labute approximate surface area is 112 Å². The Bertz CT molecular complexity index is 394. The molecule has 0 radical (unpaired) electrons. The van der Waals surface area contributed by atoms with Gasteiger partial charge < -0.3 is 9.47 Å². The van der Waals surface area contributed by atoms with Crippen LogP contribution in [-0.2, 0) is 0 Å². The SMILES string of the molecule is COc1cc(C)c(C(Br)C(C)(C)C)cc1OC. The fraction of sp³-hybridized carbons (Fsp3) is 0.571. The van der Waals surface area contributed by atoms with Crippen molar-refractivity contribution in [3.63, 3.8) is 0 Å². The molecular formula is C14H21BrO2. The van der Waals surface area contributed by atoms with Crippen LogP contribution in [0.5, 0.6) is 11.5 Å². The summed E-state index contributed by atoms with van der Waals surface area (Å²) in [6.07, 6.45) is 0. The summed E-state index contributed by atoms with van der Waals surface area (Å²) in [5.74, 6) is 1.56. The minimum absolute atomic E-state index is 0.157. The van der Waals surface area contributed by atoms with Crippen LogP contribution in [0.2, 0.25) is 0 Å². The number of rotatable bonds is 3. The highest BCUT2D eigenvalue weighted by Gasteiger charge is 2.26. The molecular weight excluding hydrogens is 280 g/mol. The number of alkyl halides is 1. The molecule has 1 aromatic rings. The van der Waals surface area contributed by atoms with Gasteiger partial charge in [0, 0.05) is 4.83 Å². The van der Waals surface area contributed by atoms with Gasteiger partial charge in [0.2, 0.25) is 0 Å². The van der Waals surface area contributed by atoms with E-state index in [-0.39, 0.29) is 10.2 Å². The first-order chi connectivity index (χ1) is 7.81. The molecule has 0 aliphatic carbocycles. The van der Waals surface area contributed by atoms with Crippen molar-refractivity contribution in [3.05, 3.63) is 23.3 Å². The molecule has 0 amide bonds. The van der Waals surface area contributed by atoms with Crippen molar-refractivity contribution in [1.82, 2.24) is 0 Å². The third-order valence-electron chi connectivity index (χ3n) is 2.81. The van der Waals surface area contributed by atoms with Gasteiger partial charge in [-0.3, -0.25) is 0 Å². The predicted molar refractivity (Wildman–Crippen MR) is 75.4 cm³/mol. The molecule has 0 saturated carbocycles. The normalized spacial score (nSPS) is 13.4. The van der Waals surface area contributed by atoms with Gasteiger partial charge in [-0.15, -0.1) is 0 Å². The summed E-state index contributed by atoms with van der Waals surface area (Å²) in [4.78, 5) is 0.287. The van der Waals surface area contributed by atoms with Crippen LogP contribution >= 0.6 is 15.9 Å². The first kappa shape index (κ1) is 14.4. The largest absolute Gasteiger partial charge is 0.493 e. The van der Waals surface area contributed by atoms with Crippen molar-refractivity contribution in [2.24, 2.45) is 5.41 Å². The van der Waals surface area contributed by atoms with Crippen LogP contribution in [0.4, 0.5) is 0 Å². The number of halogens is 1. The summed E-state index contributed by atoms with van der Waals surface area (Å²) >= 11 is 3.77. The summed E-state index contributed by atoms with van der Waals surface area (Å²) < 4.78 is 10.6. The summed E-state index contributed by atoms with van der Waals surface area (Å²) in [5, 5.41) is 0. The Hall–Kier alpha value is -0.700. The van der Waals surface area contributed by atoms with Gasteiger partial charge in [0.05, 0.1) is 14.2 Å². The Balaban J connectivity index is 3.26. The molecule has 0 N–H and O–H groups in total. The lowest BCUT2D eigenvalue weighted by molar-refractivity contribution is 0.352. The molecule has 17 heavy (non-hydrogen) atoms. The number of hydrogen-bond donors (Lipinski definition) is 0. The average molecular weight is 301 g/mol. The van der Waals surface area contributed by atoms with Gasteiger partial charge in [0.25, 0.3) is 0 Å². The van der Waals surface area contributed by atoms with Gasteiger partial charge in [-0.25, -0.2) is 0 Å². The molecule has 1 atom stereocenters. The smallest absolute Gasteiger partial charge is 0.161 e. The topological polar surface area (TPSA) is 18.5 Å². The van der Waals surface area contributed by atoms with E-state index in [1.165, 1.54) is 11.1 Å². The van der Waals surface area contributed by atoms with Gasteiger partial charge in [-0.2, -0.15) is 0 Å². The van der Waals surface area contributed by atoms with Crippen LogP contribution in [-0.4, -0.2) is 14.2 Å². The van der Waals surface area contributed by atoms with E-state index in [2.05, 4.69) is 49.7 Å². The molecule has 0 fully saturated rings. The van der Waals surface area contributed by atoms with Crippen molar-refractivity contribution in [2.45, 2.75) is 32.5 Å². The van der Waals surface area contributed by atoms with Gasteiger partial charge in [0.1, 0.15) is 0 Å². The maximum absolute atomic E-state index is 5.35. The third kappa shape index (κ3) is 3.15. The third-order valence-corrected chi connectivity index (χ3v) is 4.67. The molecule has 0 spiro atoms. The highest BCUT2D eigenvalue weighted by atomic mass is 79.9. The molecule has 1 rings (SSSR count). The van der Waals surface area contributed by atoms with Crippen LogP contribution in [0.1, 0.15) is 36.7 Å². The summed E-state index contributed by atoms with van der Waals surface area (Å²) in [7, 11) is 3.32. The molecule has 0 saturated heterocycles. The fourth-order valence-electron chi connectivity index (χ4n) is 1.74. The molecule has 3 heteroatoms. The zero-order chi connectivity index (χ0) is 13.2. The summed E-state index contributed by atoms with van der Waals surface area (Å²) in [6.45, 7) is 8.73. The zero-order valence-corrected chi connectivity index (χ0v) is 13.0. The molecule has 1 unspecified atom stereocenters. The van der Waals surface area contributed by atoms with E-state index >= 15 is 0 Å². The second kappa shape index (κ2) is 5.30. The number of benzene rings is 1. The van der Waals surface area contributed by atoms with E-state index in [0.29, 0.717) is 0 Å². The molecule has 1 aromatic carbocycles. The molecule has 0 bridgehead atoms. The second-order valence-electron chi connectivity index (χ2n) is 5.29. The van der Waals surface area contributed by atoms with E-state index in [1.54, 1.807) is 14.2 Å². The van der Waals surface area contributed by atoms with Crippen LogP contribution in [0.15, 0.2) is 12.1 Å². The summed E-state index contributed by atoms with van der Waals surface area (Å²) in [5.41, 5.74) is 2.61. The maximum Gasteiger partial charge on any atom is 0.161 e. The van der Waals surface area contributed by atoms with Crippen molar-refractivity contribution < 1.29 is 9.47 Å². The van der Waals surface area contributed by atoms with Gasteiger partial charge in [-0.1, -0.05) is 36.7 Å². The lowest BCUT2D eigenvalue weighted by atomic mass is 9.86. The van der Waals surface area contributed by atoms with Crippen LogP contribution in [0.25, 0.3) is 0 Å². The van der Waals surface area contributed by atoms with Gasteiger partial charge >= 0.3 is 0 Å². The number of methoxy groups -OCH3 is 2. The lowest BCUT2D eigenvalue weighted by Gasteiger charge is -2.28. The number of aryl methyl sites for hydroxylation is 1. The van der Waals surface area contributed by atoms with Crippen LogP contribution in [0.3, 0.4) is 0 Å². The molecule has 96 valence electrons. The van der Waals surface area contributed by atoms with E-state index < -0.39 is 0 Å². The minimum atomic E-state index is 0.157. The van der Waals surface area contributed by atoms with E-state index in [0.717, 1.165) is 11.5 Å². The highest BCUT2D eigenvalue weighted by Crippen LogP contribution is 2.44. The van der Waals surface area contributed by atoms with Crippen LogP contribution in [0, 0.1) is 12.3 Å². The molecule has 0 heterocycles. The maximum atomic E-state index is 5.35. The molecule has 0 aliphatic heterocycles. The van der Waals surface area contributed by atoms with Crippen molar-refractivity contribution in [2.75, 3.05) is 14.2 Å². The van der Waals surface area contributed by atoms with Crippen molar-refractivity contribution in [3.8, 4) is 11.5 Å². The van der Waals surface area contributed by atoms with Gasteiger partial charge in [0.15, 0.2) is 11.5 Å². The Kier molecular flexibility index (Phi) is 4.48. The first-order valence-corrected chi connectivity index (χ1v) is 6.59. The minimum Gasteiger partial charge on any atom is -0.493 e. The Morgan fingerprint density at radius 1 is 1.06 bits per heavy atom. The first-order valence-electron chi connectivity index (χ1n) is 5.68. The number of ether oxygens (including phenoxy) is 2. The highest BCUT2D eigenvalue weighted by molar-refractivity contribution is 9.09. The lowest BCUT2D eigenvalue weighted by Crippen LogP contribution is -2.14. The monoisotopic (exact) mass is 300 g/mol. The van der Waals surface area contributed by atoms with E-state index in [1.807, 2.05) is 6.07 Å². The predicted octanol–water partition coefficient (Wildman–Crippen LogP) is 4.49. The Morgan fingerprint density at radius 3 is 1.94 bits per heavy atom. The molecule has 0 aromatic heterocycles. The number of hydrogen-bond acceptors (Lipinski definition) is 2. The Morgan fingerprint density at radius 2 is 1.53 bits per heavy atom. The standard InChI is InChI=1S/C14H21BrO2/c1-9-7-11(16-5)12(17-6)8-10(9)13(15)14(2,3)4/h7-8,13H,1-6H3. The van der Waals surface area contributed by atoms with Crippen LogP contribution < -0.4 is 9.47 Å². The molecule has 0 aliphatic rings. The zero-order valence-electron chi connectivity index (χ0n) is 11.4. The van der Waals surface area contributed by atoms with Crippen molar-refractivity contribution in [1.29, 1.82) is 0 Å². The second-order valence-corrected chi connectivity index (χ2v) is 6.21. The fourth-order valence-corrected chi connectivity index (χ4v) is 2.23. The van der Waals surface area contributed by atoms with E-state index in [9.17, 15) is 0 Å². The van der Waals surface area contributed by atoms with Crippen molar-refractivity contribution >= 4 is 15.9 Å². The van der Waals surface area contributed by atoms with Gasteiger partial charge in [-0.05, 0) is 35.6 Å². The van der Waals surface area contributed by atoms with E-state index in [4.69, 9.17) is 9.47 Å².